The van der Waals surface area contributed by atoms with Gasteiger partial charge in [0.15, 0.2) is 16.6 Å². The van der Waals surface area contributed by atoms with Gasteiger partial charge in [-0.3, -0.25) is 14.9 Å². The maximum absolute atomic E-state index is 14.1. The van der Waals surface area contributed by atoms with Crippen molar-refractivity contribution in [3.63, 3.8) is 0 Å². The molecule has 1 fully saturated rings. The molecule has 28 heavy (non-hydrogen) atoms. The van der Waals surface area contributed by atoms with Crippen LogP contribution in [0.15, 0.2) is 42.1 Å². The number of thiocarbonyl (C=S) groups is 1. The van der Waals surface area contributed by atoms with E-state index in [2.05, 4.69) is 5.32 Å². The molecule has 0 radical (unpaired) electrons. The molecule has 0 aromatic heterocycles. The van der Waals surface area contributed by atoms with E-state index < -0.39 is 16.6 Å². The normalized spacial score (nSPS) is 15.0. The highest BCUT2D eigenvalue weighted by Gasteiger charge is 2.34. The zero-order valence-electron chi connectivity index (χ0n) is 14.8. The summed E-state index contributed by atoms with van der Waals surface area (Å²) in [6.45, 7) is 0. The molecule has 1 aliphatic heterocycles. The van der Waals surface area contributed by atoms with Crippen LogP contribution in [0, 0.1) is 15.9 Å². The molecule has 1 heterocycles. The summed E-state index contributed by atoms with van der Waals surface area (Å²) in [6, 6.07) is 8.22. The van der Waals surface area contributed by atoms with Gasteiger partial charge in [-0.1, -0.05) is 12.1 Å². The van der Waals surface area contributed by atoms with Crippen LogP contribution < -0.4 is 19.7 Å². The van der Waals surface area contributed by atoms with Gasteiger partial charge in [-0.2, -0.15) is 0 Å². The fraction of sp³-hybridized carbons (Fsp3) is 0.111. The molecule has 0 atom stereocenters. The third-order valence-corrected chi connectivity index (χ3v) is 4.29. The summed E-state index contributed by atoms with van der Waals surface area (Å²) < 4.78 is 24.3. The van der Waals surface area contributed by atoms with E-state index in [0.717, 1.165) is 4.90 Å². The Kier molecular flexibility index (Phi) is 5.23. The molecule has 10 heteroatoms. The van der Waals surface area contributed by atoms with Gasteiger partial charge in [0, 0.05) is 0 Å². The smallest absolute Gasteiger partial charge is 0.281 e. The average molecular weight is 403 g/mol. The summed E-state index contributed by atoms with van der Waals surface area (Å²) in [5.74, 6) is -0.845. The Hall–Kier alpha value is -3.53. The molecular formula is C18H14FN3O5S. The molecule has 1 N–H and O–H groups in total. The number of nitro benzene ring substituents is 1. The summed E-state index contributed by atoms with van der Waals surface area (Å²) in [5, 5.41) is 14.1. The van der Waals surface area contributed by atoms with E-state index in [1.807, 2.05) is 0 Å². The number of benzene rings is 2. The van der Waals surface area contributed by atoms with E-state index in [9.17, 15) is 19.3 Å². The Morgan fingerprint density at radius 2 is 1.86 bits per heavy atom. The Labute approximate surface area is 164 Å². The van der Waals surface area contributed by atoms with Gasteiger partial charge < -0.3 is 14.8 Å². The van der Waals surface area contributed by atoms with Gasteiger partial charge in [-0.15, -0.1) is 0 Å². The lowest BCUT2D eigenvalue weighted by Gasteiger charge is -2.14. The fourth-order valence-corrected chi connectivity index (χ4v) is 2.99. The summed E-state index contributed by atoms with van der Waals surface area (Å²) in [4.78, 5) is 24.6. The summed E-state index contributed by atoms with van der Waals surface area (Å²) in [5.41, 5.74) is -0.259. The third-order valence-electron chi connectivity index (χ3n) is 4.00. The van der Waals surface area contributed by atoms with Crippen molar-refractivity contribution in [1.29, 1.82) is 0 Å². The van der Waals surface area contributed by atoms with Crippen molar-refractivity contribution in [3.05, 3.63) is 63.6 Å². The molecule has 0 bridgehead atoms. The predicted octanol–water partition coefficient (Wildman–Crippen LogP) is 3.01. The largest absolute Gasteiger partial charge is 0.493 e. The number of ether oxygens (including phenoxy) is 2. The topological polar surface area (TPSA) is 93.9 Å². The molecule has 1 amide bonds. The minimum absolute atomic E-state index is 0.0183. The minimum Gasteiger partial charge on any atom is -0.493 e. The molecule has 144 valence electrons. The lowest BCUT2D eigenvalue weighted by Crippen LogP contribution is -2.31. The number of nitrogens with zero attached hydrogens (tertiary/aromatic N) is 2. The molecule has 3 rings (SSSR count). The van der Waals surface area contributed by atoms with Crippen LogP contribution in [-0.2, 0) is 4.79 Å². The predicted molar refractivity (Wildman–Crippen MR) is 104 cm³/mol. The minimum atomic E-state index is -0.640. The van der Waals surface area contributed by atoms with Gasteiger partial charge in [-0.05, 0) is 36.5 Å². The molecule has 2 aromatic carbocycles. The second-order valence-corrected chi connectivity index (χ2v) is 5.99. The number of nitro groups is 1. The number of methoxy groups -OCH3 is 2. The van der Waals surface area contributed by atoms with Gasteiger partial charge in [0.1, 0.15) is 11.5 Å². The standard InChI is InChI=1S/C18H14FN3O5S/c1-26-15-8-10(14(22(24)25)9-16(15)27-2)7-12-17(23)21(18(28)20-12)13-6-4-3-5-11(13)19/h3-9H,1-2H3,(H,20,28)/b12-7-. The number of anilines is 1. The first kappa shape index (κ1) is 19.2. The fourth-order valence-electron chi connectivity index (χ4n) is 2.70. The Bertz CT molecular complexity index is 1020. The van der Waals surface area contributed by atoms with Crippen LogP contribution in [0.3, 0.4) is 0 Å². The first-order valence-corrected chi connectivity index (χ1v) is 8.30. The monoisotopic (exact) mass is 403 g/mol. The molecule has 2 aromatic rings. The number of halogens is 1. The van der Waals surface area contributed by atoms with E-state index in [0.29, 0.717) is 0 Å². The van der Waals surface area contributed by atoms with Crippen molar-refractivity contribution in [3.8, 4) is 11.5 Å². The SMILES string of the molecule is COc1cc(/C=C2\NC(=S)N(c3ccccc3F)C2=O)c([N+](=O)[O-])cc1OC. The number of para-hydroxylation sites is 1. The Balaban J connectivity index is 2.07. The first-order valence-electron chi connectivity index (χ1n) is 7.89. The molecular weight excluding hydrogens is 389 g/mol. The van der Waals surface area contributed by atoms with Crippen LogP contribution in [0.2, 0.25) is 0 Å². The summed E-state index contributed by atoms with van der Waals surface area (Å²) in [6.07, 6.45) is 1.26. The highest BCUT2D eigenvalue weighted by molar-refractivity contribution is 7.80. The quantitative estimate of drug-likeness (QED) is 0.355. The van der Waals surface area contributed by atoms with Crippen molar-refractivity contribution >= 4 is 40.7 Å². The maximum Gasteiger partial charge on any atom is 0.281 e. The molecule has 1 aliphatic rings. The van der Waals surface area contributed by atoms with Crippen molar-refractivity contribution in [2.45, 2.75) is 0 Å². The van der Waals surface area contributed by atoms with E-state index in [1.165, 1.54) is 50.6 Å². The van der Waals surface area contributed by atoms with Crippen LogP contribution in [0.25, 0.3) is 6.08 Å². The summed E-state index contributed by atoms with van der Waals surface area (Å²) in [7, 11) is 2.74. The number of rotatable bonds is 5. The molecule has 0 aliphatic carbocycles. The highest BCUT2D eigenvalue weighted by Crippen LogP contribution is 2.36. The Morgan fingerprint density at radius 3 is 2.46 bits per heavy atom. The molecule has 0 unspecified atom stereocenters. The van der Waals surface area contributed by atoms with Crippen LogP contribution in [-0.4, -0.2) is 30.2 Å². The van der Waals surface area contributed by atoms with Crippen molar-refractivity contribution in [2.75, 3.05) is 19.1 Å². The molecule has 0 saturated carbocycles. The van der Waals surface area contributed by atoms with Gasteiger partial charge in [0.05, 0.1) is 36.5 Å². The second kappa shape index (κ2) is 7.61. The van der Waals surface area contributed by atoms with E-state index >= 15 is 0 Å². The molecule has 0 spiro atoms. The number of amides is 1. The lowest BCUT2D eigenvalue weighted by molar-refractivity contribution is -0.385. The number of nitrogens with one attached hydrogen (secondary N) is 1. The van der Waals surface area contributed by atoms with Crippen molar-refractivity contribution in [1.82, 2.24) is 5.32 Å². The van der Waals surface area contributed by atoms with E-state index in [4.69, 9.17) is 21.7 Å². The van der Waals surface area contributed by atoms with Gasteiger partial charge in [0.2, 0.25) is 0 Å². The highest BCUT2D eigenvalue weighted by atomic mass is 32.1. The van der Waals surface area contributed by atoms with Gasteiger partial charge in [0.25, 0.3) is 11.6 Å². The third kappa shape index (κ3) is 3.37. The Morgan fingerprint density at radius 1 is 1.21 bits per heavy atom. The van der Waals surface area contributed by atoms with Crippen molar-refractivity contribution in [2.24, 2.45) is 0 Å². The maximum atomic E-state index is 14.1. The zero-order valence-corrected chi connectivity index (χ0v) is 15.6. The van der Waals surface area contributed by atoms with Crippen LogP contribution in [0.4, 0.5) is 15.8 Å². The van der Waals surface area contributed by atoms with Crippen LogP contribution in [0.5, 0.6) is 11.5 Å². The number of carbonyl (C=O) groups is 1. The molecule has 8 nitrogen and oxygen atoms in total. The van der Waals surface area contributed by atoms with Crippen LogP contribution >= 0.6 is 12.2 Å². The van der Waals surface area contributed by atoms with E-state index in [-0.39, 0.29) is 39.2 Å². The zero-order chi connectivity index (χ0) is 20.4. The van der Waals surface area contributed by atoms with Gasteiger partial charge >= 0.3 is 0 Å². The molecule has 1 saturated heterocycles. The second-order valence-electron chi connectivity index (χ2n) is 5.60. The average Bonchev–Trinajstić information content (AvgIpc) is 2.95. The van der Waals surface area contributed by atoms with Crippen LogP contribution in [0.1, 0.15) is 5.56 Å². The lowest BCUT2D eigenvalue weighted by atomic mass is 10.1. The van der Waals surface area contributed by atoms with E-state index in [1.54, 1.807) is 6.07 Å². The number of hydrogen-bond donors (Lipinski definition) is 1. The van der Waals surface area contributed by atoms with Crippen molar-refractivity contribution < 1.29 is 23.6 Å². The number of hydrogen-bond acceptors (Lipinski definition) is 6. The first-order chi connectivity index (χ1) is 13.4. The van der Waals surface area contributed by atoms with Gasteiger partial charge in [-0.25, -0.2) is 9.29 Å². The summed E-state index contributed by atoms with van der Waals surface area (Å²) >= 11 is 5.13. The number of carbonyl (C=O) groups excluding carboxylic acids is 1.